The number of hydrogen-bond acceptors (Lipinski definition) is 0. The van der Waals surface area contributed by atoms with Crippen LogP contribution in [0.2, 0.25) is 0 Å². The largest absolute Gasteiger partial charge is 0.0838 e. The van der Waals surface area contributed by atoms with Gasteiger partial charge in [-0.15, -0.1) is 0 Å². The summed E-state index contributed by atoms with van der Waals surface area (Å²) in [5.41, 5.74) is 4.34. The molecule has 0 saturated heterocycles. The quantitative estimate of drug-likeness (QED) is 0.615. The van der Waals surface area contributed by atoms with Crippen molar-refractivity contribution in [2.45, 2.75) is 53.9 Å². The van der Waals surface area contributed by atoms with Crippen molar-refractivity contribution in [3.8, 4) is 0 Å². The molecule has 0 amide bonds. The first-order valence-electron chi connectivity index (χ1n) is 6.45. The molecular formula is C16H26. The molecule has 0 fully saturated rings. The molecule has 0 spiro atoms. The molecule has 0 heterocycles. The SMILES string of the molecule is C/C=C(/CC)c1ccccc1C(C)C.CC. The van der Waals surface area contributed by atoms with Crippen LogP contribution in [0, 0.1) is 0 Å². The van der Waals surface area contributed by atoms with E-state index >= 15 is 0 Å². The molecule has 0 radical (unpaired) electrons. The van der Waals surface area contributed by atoms with E-state index in [1.165, 1.54) is 16.7 Å². The lowest BCUT2D eigenvalue weighted by molar-refractivity contribution is 0.861. The van der Waals surface area contributed by atoms with Crippen molar-refractivity contribution in [1.29, 1.82) is 0 Å². The number of allylic oxidation sites excluding steroid dienone is 2. The Balaban J connectivity index is 0.00000106. The predicted octanol–water partition coefficient (Wildman–Crippen LogP) is 5.65. The molecule has 1 aromatic carbocycles. The lowest BCUT2D eigenvalue weighted by Crippen LogP contribution is -1.94. The van der Waals surface area contributed by atoms with Gasteiger partial charge in [-0.05, 0) is 36.0 Å². The summed E-state index contributed by atoms with van der Waals surface area (Å²) in [6.45, 7) is 12.8. The van der Waals surface area contributed by atoms with Crippen molar-refractivity contribution in [1.82, 2.24) is 0 Å². The summed E-state index contributed by atoms with van der Waals surface area (Å²) < 4.78 is 0. The Kier molecular flexibility index (Phi) is 7.62. The van der Waals surface area contributed by atoms with E-state index in [0.717, 1.165) is 6.42 Å². The van der Waals surface area contributed by atoms with Gasteiger partial charge in [-0.1, -0.05) is 65.0 Å². The Bertz CT molecular complexity index is 319. The van der Waals surface area contributed by atoms with E-state index in [1.807, 2.05) is 13.8 Å². The van der Waals surface area contributed by atoms with Gasteiger partial charge in [0, 0.05) is 0 Å². The highest BCUT2D eigenvalue weighted by molar-refractivity contribution is 5.68. The van der Waals surface area contributed by atoms with E-state index in [1.54, 1.807) is 0 Å². The molecule has 0 aliphatic rings. The fourth-order valence-corrected chi connectivity index (χ4v) is 1.84. The van der Waals surface area contributed by atoms with Gasteiger partial charge in [0.15, 0.2) is 0 Å². The Labute approximate surface area is 101 Å². The van der Waals surface area contributed by atoms with Gasteiger partial charge in [-0.25, -0.2) is 0 Å². The molecule has 0 nitrogen and oxygen atoms in total. The van der Waals surface area contributed by atoms with Crippen molar-refractivity contribution >= 4 is 5.57 Å². The Morgan fingerprint density at radius 3 is 2.19 bits per heavy atom. The third-order valence-electron chi connectivity index (χ3n) is 2.66. The van der Waals surface area contributed by atoms with Crippen LogP contribution in [-0.4, -0.2) is 0 Å². The Morgan fingerprint density at radius 1 is 1.19 bits per heavy atom. The Hall–Kier alpha value is -1.04. The van der Waals surface area contributed by atoms with E-state index in [-0.39, 0.29) is 0 Å². The second kappa shape index (κ2) is 8.15. The summed E-state index contributed by atoms with van der Waals surface area (Å²) in [6.07, 6.45) is 3.33. The summed E-state index contributed by atoms with van der Waals surface area (Å²) in [5.74, 6) is 0.604. The lowest BCUT2D eigenvalue weighted by Gasteiger charge is -2.14. The monoisotopic (exact) mass is 218 g/mol. The highest BCUT2D eigenvalue weighted by atomic mass is 14.1. The third kappa shape index (κ3) is 3.84. The summed E-state index contributed by atoms with van der Waals surface area (Å²) >= 11 is 0. The maximum absolute atomic E-state index is 2.25. The van der Waals surface area contributed by atoms with Crippen LogP contribution in [0.5, 0.6) is 0 Å². The predicted molar refractivity (Wildman–Crippen MR) is 75.8 cm³/mol. The molecule has 0 unspecified atom stereocenters. The van der Waals surface area contributed by atoms with Crippen LogP contribution >= 0.6 is 0 Å². The molecule has 1 rings (SSSR count). The third-order valence-corrected chi connectivity index (χ3v) is 2.66. The van der Waals surface area contributed by atoms with Gasteiger partial charge in [-0.3, -0.25) is 0 Å². The van der Waals surface area contributed by atoms with E-state index in [2.05, 4.69) is 58.0 Å². The Morgan fingerprint density at radius 2 is 1.75 bits per heavy atom. The standard InChI is InChI=1S/C14H20.C2H6/c1-5-12(6-2)14-10-8-7-9-13(14)11(3)4;1-2/h5,7-11H,6H2,1-4H3;1-2H3/b12-5-;. The second-order valence-corrected chi connectivity index (χ2v) is 3.91. The minimum absolute atomic E-state index is 0.604. The van der Waals surface area contributed by atoms with Crippen LogP contribution in [0.3, 0.4) is 0 Å². The minimum Gasteiger partial charge on any atom is -0.0838 e. The highest BCUT2D eigenvalue weighted by Gasteiger charge is 2.07. The van der Waals surface area contributed by atoms with Gasteiger partial charge in [0.25, 0.3) is 0 Å². The smallest absolute Gasteiger partial charge is 0.0193 e. The second-order valence-electron chi connectivity index (χ2n) is 3.91. The van der Waals surface area contributed by atoms with Crippen LogP contribution in [0.15, 0.2) is 30.3 Å². The van der Waals surface area contributed by atoms with E-state index in [9.17, 15) is 0 Å². The zero-order chi connectivity index (χ0) is 12.6. The van der Waals surface area contributed by atoms with E-state index in [0.29, 0.717) is 5.92 Å². The molecule has 0 atom stereocenters. The van der Waals surface area contributed by atoms with Crippen LogP contribution in [0.25, 0.3) is 5.57 Å². The van der Waals surface area contributed by atoms with Gasteiger partial charge in [-0.2, -0.15) is 0 Å². The molecule has 90 valence electrons. The molecule has 0 aromatic heterocycles. The lowest BCUT2D eigenvalue weighted by atomic mass is 9.91. The van der Waals surface area contributed by atoms with E-state index < -0.39 is 0 Å². The first kappa shape index (κ1) is 15.0. The zero-order valence-electron chi connectivity index (χ0n) is 11.7. The van der Waals surface area contributed by atoms with Crippen molar-refractivity contribution in [3.05, 3.63) is 41.5 Å². The van der Waals surface area contributed by atoms with Crippen molar-refractivity contribution < 1.29 is 0 Å². The van der Waals surface area contributed by atoms with Gasteiger partial charge < -0.3 is 0 Å². The molecule has 0 aliphatic carbocycles. The molecular weight excluding hydrogens is 192 g/mol. The molecule has 1 aromatic rings. The van der Waals surface area contributed by atoms with Crippen LogP contribution in [-0.2, 0) is 0 Å². The van der Waals surface area contributed by atoms with Crippen LogP contribution in [0.1, 0.15) is 65.0 Å². The molecule has 0 bridgehead atoms. The number of benzene rings is 1. The first-order chi connectivity index (χ1) is 7.70. The van der Waals surface area contributed by atoms with Gasteiger partial charge in [0.05, 0.1) is 0 Å². The summed E-state index contributed by atoms with van der Waals surface area (Å²) in [4.78, 5) is 0. The van der Waals surface area contributed by atoms with Gasteiger partial charge in [0.1, 0.15) is 0 Å². The van der Waals surface area contributed by atoms with Crippen molar-refractivity contribution in [3.63, 3.8) is 0 Å². The number of hydrogen-bond donors (Lipinski definition) is 0. The highest BCUT2D eigenvalue weighted by Crippen LogP contribution is 2.27. The van der Waals surface area contributed by atoms with Crippen LogP contribution < -0.4 is 0 Å². The minimum atomic E-state index is 0.604. The van der Waals surface area contributed by atoms with Crippen molar-refractivity contribution in [2.75, 3.05) is 0 Å². The maximum atomic E-state index is 2.25. The molecule has 16 heavy (non-hydrogen) atoms. The molecule has 0 saturated carbocycles. The average molecular weight is 218 g/mol. The van der Waals surface area contributed by atoms with Gasteiger partial charge >= 0.3 is 0 Å². The molecule has 0 N–H and O–H groups in total. The fourth-order valence-electron chi connectivity index (χ4n) is 1.84. The summed E-state index contributed by atoms with van der Waals surface area (Å²) in [7, 11) is 0. The molecule has 0 heteroatoms. The number of rotatable bonds is 3. The maximum Gasteiger partial charge on any atom is -0.0193 e. The molecule has 0 aliphatic heterocycles. The van der Waals surface area contributed by atoms with Gasteiger partial charge in [0.2, 0.25) is 0 Å². The normalized spacial score (nSPS) is 11.1. The van der Waals surface area contributed by atoms with Crippen molar-refractivity contribution in [2.24, 2.45) is 0 Å². The zero-order valence-corrected chi connectivity index (χ0v) is 11.7. The van der Waals surface area contributed by atoms with E-state index in [4.69, 9.17) is 0 Å². The van der Waals surface area contributed by atoms with Crippen LogP contribution in [0.4, 0.5) is 0 Å². The topological polar surface area (TPSA) is 0 Å². The summed E-state index contributed by atoms with van der Waals surface area (Å²) in [6, 6.07) is 8.72. The fraction of sp³-hybridized carbons (Fsp3) is 0.500. The summed E-state index contributed by atoms with van der Waals surface area (Å²) in [5, 5.41) is 0. The average Bonchev–Trinajstić information content (AvgIpc) is 2.34. The first-order valence-corrected chi connectivity index (χ1v) is 6.45.